The lowest BCUT2D eigenvalue weighted by Crippen LogP contribution is -2.48. The first kappa shape index (κ1) is 18.4. The summed E-state index contributed by atoms with van der Waals surface area (Å²) in [5.74, 6) is 5.55. The second-order valence-corrected chi connectivity index (χ2v) is 10.5. The molecule has 1 spiro atoms. The summed E-state index contributed by atoms with van der Waals surface area (Å²) in [6.07, 6.45) is 5.99. The predicted molar refractivity (Wildman–Crippen MR) is 109 cm³/mol. The zero-order valence-corrected chi connectivity index (χ0v) is 17.1. The zero-order valence-electron chi connectivity index (χ0n) is 15.5. The average Bonchev–Trinajstić information content (AvgIpc) is 3.10. The van der Waals surface area contributed by atoms with Crippen molar-refractivity contribution in [3.05, 3.63) is 18.2 Å². The SMILES string of the molecule is COc1ccc(NC(=O)C2CC3CCCC(C2)C32SCCS2)cc1OC. The number of benzene rings is 1. The Kier molecular flexibility index (Phi) is 5.33. The molecule has 3 aliphatic rings. The molecule has 1 aromatic carbocycles. The van der Waals surface area contributed by atoms with Gasteiger partial charge in [0, 0.05) is 29.2 Å². The maximum atomic E-state index is 13.0. The van der Waals surface area contributed by atoms with Crippen molar-refractivity contribution in [2.24, 2.45) is 17.8 Å². The number of methoxy groups -OCH3 is 2. The molecule has 0 radical (unpaired) electrons. The Labute approximate surface area is 164 Å². The topological polar surface area (TPSA) is 47.6 Å². The summed E-state index contributed by atoms with van der Waals surface area (Å²) in [4.78, 5) is 13.0. The van der Waals surface area contributed by atoms with Gasteiger partial charge >= 0.3 is 0 Å². The van der Waals surface area contributed by atoms with Gasteiger partial charge in [-0.15, -0.1) is 23.5 Å². The summed E-state index contributed by atoms with van der Waals surface area (Å²) in [6.45, 7) is 0. The van der Waals surface area contributed by atoms with Gasteiger partial charge in [0.25, 0.3) is 0 Å². The highest BCUT2D eigenvalue weighted by atomic mass is 32.2. The van der Waals surface area contributed by atoms with Gasteiger partial charge in [-0.2, -0.15) is 0 Å². The van der Waals surface area contributed by atoms with Crippen LogP contribution in [-0.4, -0.2) is 35.7 Å². The minimum Gasteiger partial charge on any atom is -0.493 e. The molecule has 1 N–H and O–H groups in total. The van der Waals surface area contributed by atoms with Crippen LogP contribution in [0, 0.1) is 17.8 Å². The molecule has 1 aromatic rings. The highest BCUT2D eigenvalue weighted by molar-refractivity contribution is 8.21. The van der Waals surface area contributed by atoms with E-state index in [0.29, 0.717) is 27.4 Å². The third-order valence-electron chi connectivity index (χ3n) is 6.14. The van der Waals surface area contributed by atoms with Crippen molar-refractivity contribution < 1.29 is 14.3 Å². The number of thioether (sulfide) groups is 2. The first-order chi connectivity index (χ1) is 12.7. The molecule has 6 heteroatoms. The number of nitrogens with one attached hydrogen (secondary N) is 1. The standard InChI is InChI=1S/C20H27NO3S2/c1-23-17-7-6-16(12-18(17)24-2)21-19(22)13-10-14-4-3-5-15(11-13)20(14)25-8-9-26-20/h6-7,12-15H,3-5,8-11H2,1-2H3,(H,21,22). The largest absolute Gasteiger partial charge is 0.493 e. The van der Waals surface area contributed by atoms with E-state index in [-0.39, 0.29) is 11.8 Å². The number of hydrogen-bond donors (Lipinski definition) is 1. The van der Waals surface area contributed by atoms with Crippen LogP contribution < -0.4 is 14.8 Å². The first-order valence-corrected chi connectivity index (χ1v) is 11.4. The zero-order chi connectivity index (χ0) is 18.1. The van der Waals surface area contributed by atoms with Crippen LogP contribution in [0.5, 0.6) is 11.5 Å². The molecule has 1 saturated heterocycles. The second kappa shape index (κ2) is 7.55. The van der Waals surface area contributed by atoms with Gasteiger partial charge in [0.05, 0.1) is 18.3 Å². The molecule has 0 aromatic heterocycles. The van der Waals surface area contributed by atoms with E-state index in [0.717, 1.165) is 18.5 Å². The monoisotopic (exact) mass is 393 g/mol. The number of ether oxygens (including phenoxy) is 2. The van der Waals surface area contributed by atoms with E-state index in [2.05, 4.69) is 28.8 Å². The number of carbonyl (C=O) groups excluding carboxylic acids is 1. The summed E-state index contributed by atoms with van der Waals surface area (Å²) in [5, 5.41) is 3.12. The Morgan fingerprint density at radius 1 is 1.08 bits per heavy atom. The fraction of sp³-hybridized carbons (Fsp3) is 0.650. The van der Waals surface area contributed by atoms with Gasteiger partial charge in [0.1, 0.15) is 0 Å². The van der Waals surface area contributed by atoms with Crippen LogP contribution in [0.1, 0.15) is 32.1 Å². The van der Waals surface area contributed by atoms with E-state index in [9.17, 15) is 4.79 Å². The third-order valence-corrected chi connectivity index (χ3v) is 10.2. The van der Waals surface area contributed by atoms with Crippen molar-refractivity contribution in [2.75, 3.05) is 31.0 Å². The summed E-state index contributed by atoms with van der Waals surface area (Å²) < 4.78 is 11.0. The van der Waals surface area contributed by atoms with Crippen LogP contribution in [0.15, 0.2) is 18.2 Å². The Bertz CT molecular complexity index is 659. The van der Waals surface area contributed by atoms with Gasteiger partial charge in [-0.3, -0.25) is 4.79 Å². The molecule has 1 heterocycles. The Morgan fingerprint density at radius 2 is 1.73 bits per heavy atom. The number of hydrogen-bond acceptors (Lipinski definition) is 5. The van der Waals surface area contributed by atoms with E-state index in [1.807, 2.05) is 18.2 Å². The van der Waals surface area contributed by atoms with Crippen molar-refractivity contribution in [1.82, 2.24) is 0 Å². The van der Waals surface area contributed by atoms with Crippen LogP contribution >= 0.6 is 23.5 Å². The van der Waals surface area contributed by atoms with E-state index >= 15 is 0 Å². The smallest absolute Gasteiger partial charge is 0.227 e. The summed E-state index contributed by atoms with van der Waals surface area (Å²) >= 11 is 4.37. The van der Waals surface area contributed by atoms with Crippen LogP contribution in [0.25, 0.3) is 0 Å². The molecule has 3 fully saturated rings. The van der Waals surface area contributed by atoms with Crippen molar-refractivity contribution >= 4 is 35.1 Å². The van der Waals surface area contributed by atoms with Gasteiger partial charge < -0.3 is 14.8 Å². The van der Waals surface area contributed by atoms with Crippen molar-refractivity contribution in [3.63, 3.8) is 0 Å². The van der Waals surface area contributed by atoms with Gasteiger partial charge in [-0.25, -0.2) is 0 Å². The number of anilines is 1. The van der Waals surface area contributed by atoms with Crippen molar-refractivity contribution in [1.29, 1.82) is 0 Å². The molecule has 2 saturated carbocycles. The van der Waals surface area contributed by atoms with E-state index in [1.165, 1.54) is 30.8 Å². The quantitative estimate of drug-likeness (QED) is 0.807. The molecule has 26 heavy (non-hydrogen) atoms. The number of carbonyl (C=O) groups is 1. The van der Waals surface area contributed by atoms with Gasteiger partial charge in [-0.1, -0.05) is 6.42 Å². The Morgan fingerprint density at radius 3 is 2.35 bits per heavy atom. The minimum atomic E-state index is 0.130. The van der Waals surface area contributed by atoms with E-state index < -0.39 is 0 Å². The second-order valence-electron chi connectivity index (χ2n) is 7.47. The normalized spacial score (nSPS) is 29.4. The van der Waals surface area contributed by atoms with Crippen LogP contribution in [0.3, 0.4) is 0 Å². The molecule has 2 unspecified atom stereocenters. The molecule has 2 atom stereocenters. The summed E-state index contributed by atoms with van der Waals surface area (Å²) in [6, 6.07) is 5.56. The lowest BCUT2D eigenvalue weighted by molar-refractivity contribution is -0.122. The van der Waals surface area contributed by atoms with E-state index in [1.54, 1.807) is 14.2 Å². The summed E-state index contributed by atoms with van der Waals surface area (Å²) in [5.41, 5.74) is 0.780. The molecule has 2 aliphatic carbocycles. The first-order valence-electron chi connectivity index (χ1n) is 9.47. The Balaban J connectivity index is 1.46. The molecule has 4 rings (SSSR count). The number of rotatable bonds is 4. The maximum absolute atomic E-state index is 13.0. The van der Waals surface area contributed by atoms with Gasteiger partial charge in [-0.05, 0) is 49.7 Å². The average molecular weight is 394 g/mol. The van der Waals surface area contributed by atoms with Crippen molar-refractivity contribution in [2.45, 2.75) is 36.2 Å². The van der Waals surface area contributed by atoms with E-state index in [4.69, 9.17) is 9.47 Å². The Hall–Kier alpha value is -1.01. The van der Waals surface area contributed by atoms with Gasteiger partial charge in [0.2, 0.25) is 5.91 Å². The molecule has 1 aliphatic heterocycles. The lowest BCUT2D eigenvalue weighted by Gasteiger charge is -2.52. The molecule has 4 nitrogen and oxygen atoms in total. The lowest BCUT2D eigenvalue weighted by atomic mass is 9.67. The third kappa shape index (κ3) is 3.19. The van der Waals surface area contributed by atoms with Crippen molar-refractivity contribution in [3.8, 4) is 11.5 Å². The highest BCUT2D eigenvalue weighted by Gasteiger charge is 2.55. The van der Waals surface area contributed by atoms with Crippen LogP contribution in [-0.2, 0) is 4.79 Å². The minimum absolute atomic E-state index is 0.130. The molecular formula is C20H27NO3S2. The highest BCUT2D eigenvalue weighted by Crippen LogP contribution is 2.64. The number of amides is 1. The fourth-order valence-electron chi connectivity index (χ4n) is 4.98. The molecular weight excluding hydrogens is 366 g/mol. The fourth-order valence-corrected chi connectivity index (χ4v) is 8.92. The molecule has 142 valence electrons. The molecule has 1 amide bonds. The van der Waals surface area contributed by atoms with Crippen LogP contribution in [0.2, 0.25) is 0 Å². The predicted octanol–water partition coefficient (Wildman–Crippen LogP) is 4.64. The van der Waals surface area contributed by atoms with Gasteiger partial charge in [0.15, 0.2) is 11.5 Å². The maximum Gasteiger partial charge on any atom is 0.227 e. The summed E-state index contributed by atoms with van der Waals surface area (Å²) in [7, 11) is 3.23. The van der Waals surface area contributed by atoms with Crippen LogP contribution in [0.4, 0.5) is 5.69 Å². The molecule has 2 bridgehead atoms.